The molecule has 9 rings (SSSR count). The van der Waals surface area contributed by atoms with Crippen molar-refractivity contribution in [1.82, 2.24) is 9.55 Å². The van der Waals surface area contributed by atoms with Gasteiger partial charge in [-0.3, -0.25) is 4.57 Å². The smallest absolute Gasteiger partial charge is 0.113 e. The van der Waals surface area contributed by atoms with Gasteiger partial charge in [0.15, 0.2) is 0 Å². The molecule has 0 unspecified atom stereocenters. The number of hydrogen-bond acceptors (Lipinski definition) is 1. The molecule has 0 aliphatic carbocycles. The average molecular weight is 754 g/mol. The normalized spacial score (nSPS) is 12.1. The van der Waals surface area contributed by atoms with Crippen LogP contribution in [0.2, 0.25) is 5.11 Å². The lowest BCUT2D eigenvalue weighted by Crippen LogP contribution is -2.50. The molecule has 0 aliphatic heterocycles. The predicted molar refractivity (Wildman–Crippen MR) is 274 cm³/mol. The Morgan fingerprint density at radius 2 is 0.694 bits per heavy atom. The first-order valence-electron chi connectivity index (χ1n) is 19.6. The molecule has 1 aromatic heterocycles. The van der Waals surface area contributed by atoms with Crippen LogP contribution in [-0.2, 0) is 5.21 Å². The van der Waals surface area contributed by atoms with E-state index in [4.69, 9.17) is 102 Å². The van der Waals surface area contributed by atoms with Crippen molar-refractivity contribution in [2.75, 3.05) is 0 Å². The molecule has 26 radical (unpaired) electrons. The van der Waals surface area contributed by atoms with Crippen LogP contribution in [-0.4, -0.2) is 112 Å². The molecule has 258 valence electrons. The van der Waals surface area contributed by atoms with Gasteiger partial charge in [0.1, 0.15) is 68.6 Å². The van der Waals surface area contributed by atoms with Crippen molar-refractivity contribution >= 4 is 178 Å². The molecule has 9 aromatic rings. The van der Waals surface area contributed by atoms with Gasteiger partial charge in [-0.25, -0.2) is 4.98 Å². The Kier molecular flexibility index (Phi) is 10.4. The molecule has 62 heavy (non-hydrogen) atoms. The molecule has 0 bridgehead atoms. The van der Waals surface area contributed by atoms with Crippen molar-refractivity contribution in [2.45, 2.75) is 10.3 Å². The third-order valence-corrected chi connectivity index (χ3v) is 11.9. The summed E-state index contributed by atoms with van der Waals surface area (Å²) in [5, 5.41) is -1.72. The van der Waals surface area contributed by atoms with Gasteiger partial charge in [0.25, 0.3) is 0 Å². The van der Waals surface area contributed by atoms with E-state index in [0.717, 1.165) is 38.9 Å². The van der Waals surface area contributed by atoms with Crippen LogP contribution in [0.4, 0.5) is 0 Å². The second kappa shape index (κ2) is 15.4. The number of fused-ring (bicyclic) bond motifs is 3. The largest absolute Gasteiger partial charge is 0.297 e. The summed E-state index contributed by atoms with van der Waals surface area (Å²) in [4.78, 5) is 4.68. The van der Waals surface area contributed by atoms with E-state index in [0.29, 0.717) is 43.9 Å². The third-order valence-electron chi connectivity index (χ3n) is 11.9. The number of aromatic nitrogens is 2. The van der Waals surface area contributed by atoms with E-state index >= 15 is 0 Å². The van der Waals surface area contributed by atoms with Crippen molar-refractivity contribution in [3.63, 3.8) is 0 Å². The second-order valence-electron chi connectivity index (χ2n) is 15.7. The fourth-order valence-corrected chi connectivity index (χ4v) is 8.37. The molecule has 0 aliphatic rings. The minimum Gasteiger partial charge on any atom is -0.297 e. The highest BCUT2D eigenvalue weighted by molar-refractivity contribution is 6.71. The van der Waals surface area contributed by atoms with Gasteiger partial charge in [-0.05, 0) is 90.3 Å². The summed E-state index contributed by atoms with van der Waals surface area (Å²) in [6.07, 6.45) is 0. The van der Waals surface area contributed by atoms with E-state index in [2.05, 4.69) is 4.98 Å². The molecule has 2 nitrogen and oxygen atoms in total. The minimum absolute atomic E-state index is 0.137. The van der Waals surface area contributed by atoms with Crippen LogP contribution in [0.3, 0.4) is 0 Å². The van der Waals surface area contributed by atoms with Crippen molar-refractivity contribution in [1.29, 1.82) is 0 Å². The highest BCUT2D eigenvalue weighted by Crippen LogP contribution is 2.42. The topological polar surface area (TPSA) is 17.8 Å². The van der Waals surface area contributed by atoms with Crippen LogP contribution in [0.15, 0.2) is 127 Å². The lowest BCUT2D eigenvalue weighted by Gasteiger charge is -2.41. The molecule has 0 spiro atoms. The Morgan fingerprint density at radius 1 is 0.355 bits per heavy atom. The van der Waals surface area contributed by atoms with E-state index in [1.807, 2.05) is 127 Å². The molecule has 0 N–H and O–H groups in total. The van der Waals surface area contributed by atoms with Gasteiger partial charge < -0.3 is 0 Å². The number of nitrogens with zero attached hydrogens (tertiary/aromatic N) is 2. The van der Waals surface area contributed by atoms with Crippen LogP contribution in [0.1, 0.15) is 5.82 Å². The molecule has 0 saturated carbocycles. The Morgan fingerprint density at radius 3 is 1.10 bits per heavy atom. The standard InChI is InChI=1S/C47H21B13N2/c48-37-33-31(26-14-10-23(11-15-26)22-6-2-1-3-7-22)34-36(40(51)44(55)42(53)38(34)49)32(35(33)39(50)43(54)41(37)52)27-16-12-24(13-17-27)25-18-20-28(21-19-25)62-30-9-5-4-8-29(30)61-45(62)46(56,57)47(58,59)60/h1-21H. The molecule has 0 fully saturated rings. The second-order valence-corrected chi connectivity index (χ2v) is 15.7. The Balaban J connectivity index is 1.23. The van der Waals surface area contributed by atoms with E-state index < -0.39 is 10.3 Å². The monoisotopic (exact) mass is 756 g/mol. The Labute approximate surface area is 379 Å². The van der Waals surface area contributed by atoms with Crippen molar-refractivity contribution in [3.8, 4) is 50.2 Å². The third kappa shape index (κ3) is 6.56. The van der Waals surface area contributed by atoms with Crippen molar-refractivity contribution in [3.05, 3.63) is 133 Å². The number of hydrogen-bond donors (Lipinski definition) is 0. The van der Waals surface area contributed by atoms with E-state index in [9.17, 15) is 0 Å². The van der Waals surface area contributed by atoms with Gasteiger partial charge in [-0.15, -0.1) is 27.0 Å². The van der Waals surface area contributed by atoms with Crippen molar-refractivity contribution < 1.29 is 0 Å². The molecule has 0 amide bonds. The molecule has 8 aromatic carbocycles. The fourth-order valence-electron chi connectivity index (χ4n) is 8.37. The number of benzene rings is 8. The lowest BCUT2D eigenvalue weighted by atomic mass is 9.23. The molecule has 0 atom stereocenters. The SMILES string of the molecule is [B]c1c([B])c([B])c2c(-c3ccc(-c4ccc(-n5c(C([B])([B])C([B])([B])[B])nc6ccccc65)cc4)cc3)c3c([B])c([B])c([B])c([B])c3c(-c3ccc(-c4ccccc4)cc3)c2c1[B]. The summed E-state index contributed by atoms with van der Waals surface area (Å²) >= 11 is 0. The number of para-hydroxylation sites is 2. The quantitative estimate of drug-likeness (QED) is 0.171. The first-order valence-corrected chi connectivity index (χ1v) is 19.6. The zero-order chi connectivity index (χ0) is 44.0. The fraction of sp³-hybridized carbons (Fsp3) is 0.0426. The minimum atomic E-state index is -1.98. The summed E-state index contributed by atoms with van der Waals surface area (Å²) < 4.78 is 1.80. The summed E-state index contributed by atoms with van der Waals surface area (Å²) in [5.41, 5.74) is 10.1. The zero-order valence-electron chi connectivity index (χ0n) is 33.5. The van der Waals surface area contributed by atoms with Crippen molar-refractivity contribution in [2.24, 2.45) is 0 Å². The van der Waals surface area contributed by atoms with Gasteiger partial charge in [0, 0.05) is 5.69 Å². The summed E-state index contributed by atoms with van der Waals surface area (Å²) in [6.45, 7) is 0. The van der Waals surface area contributed by atoms with Gasteiger partial charge in [-0.1, -0.05) is 130 Å². The maximum Gasteiger partial charge on any atom is 0.113 e. The first kappa shape index (κ1) is 41.9. The lowest BCUT2D eigenvalue weighted by molar-refractivity contribution is 0.757. The van der Waals surface area contributed by atoms with Gasteiger partial charge >= 0.3 is 0 Å². The van der Waals surface area contributed by atoms with Gasteiger partial charge in [0.05, 0.1) is 50.3 Å². The van der Waals surface area contributed by atoms with Crippen LogP contribution >= 0.6 is 0 Å². The number of imidazole rings is 1. The molecule has 1 heterocycles. The summed E-state index contributed by atoms with van der Waals surface area (Å²) in [7, 11) is 85.3. The molecular formula is C47H21B13N2. The average Bonchev–Trinajstić information content (AvgIpc) is 3.68. The van der Waals surface area contributed by atoms with Gasteiger partial charge in [-0.2, -0.15) is 0 Å². The maximum atomic E-state index is 6.96. The van der Waals surface area contributed by atoms with E-state index in [-0.39, 0.29) is 49.5 Å². The van der Waals surface area contributed by atoms with Crippen LogP contribution < -0.4 is 43.7 Å². The first-order chi connectivity index (χ1) is 29.5. The van der Waals surface area contributed by atoms with Crippen LogP contribution in [0, 0.1) is 0 Å². The Hall–Kier alpha value is -5.41. The summed E-state index contributed by atoms with van der Waals surface area (Å²) in [5.74, 6) is 0.197. The highest BCUT2D eigenvalue weighted by atomic mass is 15.1. The van der Waals surface area contributed by atoms with Gasteiger partial charge in [0.2, 0.25) is 0 Å². The summed E-state index contributed by atoms with van der Waals surface area (Å²) in [6, 6.07) is 41.2. The van der Waals surface area contributed by atoms with Crippen LogP contribution in [0.5, 0.6) is 0 Å². The molecular weight excluding hydrogens is 733 g/mol. The highest BCUT2D eigenvalue weighted by Gasteiger charge is 2.36. The maximum absolute atomic E-state index is 6.96. The molecule has 15 heteroatoms. The predicted octanol–water partition coefficient (Wildman–Crippen LogP) is 0.419. The zero-order valence-corrected chi connectivity index (χ0v) is 33.5. The van der Waals surface area contributed by atoms with E-state index in [1.165, 1.54) is 0 Å². The van der Waals surface area contributed by atoms with Crippen LogP contribution in [0.25, 0.3) is 82.8 Å². The number of rotatable bonds is 7. The van der Waals surface area contributed by atoms with E-state index in [1.54, 1.807) is 4.57 Å². The molecule has 0 saturated heterocycles. The Bertz CT molecular complexity index is 3170.